The molecule has 6 nitrogen and oxygen atoms in total. The lowest BCUT2D eigenvalue weighted by molar-refractivity contribution is -0.384. The maximum absolute atomic E-state index is 11.0. The summed E-state index contributed by atoms with van der Waals surface area (Å²) in [6, 6.07) is 25.4. The number of rotatable bonds is 6. The van der Waals surface area contributed by atoms with Crippen LogP contribution in [0.25, 0.3) is 0 Å². The van der Waals surface area contributed by atoms with Crippen LogP contribution in [0.5, 0.6) is 5.75 Å². The summed E-state index contributed by atoms with van der Waals surface area (Å²) in [6.07, 6.45) is 0.0440. The maximum atomic E-state index is 11.0. The van der Waals surface area contributed by atoms with E-state index in [1.807, 2.05) is 30.3 Å². The molecule has 3 aromatic rings. The van der Waals surface area contributed by atoms with Crippen LogP contribution in [0, 0.1) is 10.1 Å². The molecule has 0 saturated carbocycles. The summed E-state index contributed by atoms with van der Waals surface area (Å²) in [4.78, 5) is 15.4. The van der Waals surface area contributed by atoms with Crippen molar-refractivity contribution in [2.24, 2.45) is 0 Å². The number of hydrogen-bond donors (Lipinski definition) is 0. The van der Waals surface area contributed by atoms with Gasteiger partial charge >= 0.3 is 0 Å². The minimum absolute atomic E-state index is 0.0440. The molecule has 0 radical (unpaired) electrons. The number of nitrogens with zero attached hydrogens (tertiary/aromatic N) is 3. The molecular weight excluding hydrogens is 366 g/mol. The highest BCUT2D eigenvalue weighted by atomic mass is 16.6. The molecule has 1 fully saturated rings. The summed E-state index contributed by atoms with van der Waals surface area (Å²) >= 11 is 0. The molecule has 0 bridgehead atoms. The lowest BCUT2D eigenvalue weighted by atomic mass is 10.1. The zero-order valence-electron chi connectivity index (χ0n) is 16.3. The third-order valence-corrected chi connectivity index (χ3v) is 5.30. The smallest absolute Gasteiger partial charge is 0.269 e. The van der Waals surface area contributed by atoms with Crippen molar-refractivity contribution in [2.45, 2.75) is 12.7 Å². The van der Waals surface area contributed by atoms with Gasteiger partial charge in [0.15, 0.2) is 0 Å². The first-order valence-electron chi connectivity index (χ1n) is 9.59. The van der Waals surface area contributed by atoms with Crippen LogP contribution in [0.4, 0.5) is 11.4 Å². The molecule has 0 N–H and O–H groups in total. The second-order valence-corrected chi connectivity index (χ2v) is 7.07. The molecular formula is C23H23N3O3. The zero-order chi connectivity index (χ0) is 20.2. The third-order valence-electron chi connectivity index (χ3n) is 5.30. The minimum atomic E-state index is -0.365. The molecule has 6 heteroatoms. The van der Waals surface area contributed by atoms with Crippen molar-refractivity contribution in [3.05, 3.63) is 100 Å². The van der Waals surface area contributed by atoms with Gasteiger partial charge in [-0.05, 0) is 35.4 Å². The summed E-state index contributed by atoms with van der Waals surface area (Å²) < 4.78 is 5.31. The van der Waals surface area contributed by atoms with Crippen molar-refractivity contribution in [1.82, 2.24) is 4.90 Å². The van der Waals surface area contributed by atoms with E-state index in [4.69, 9.17) is 4.74 Å². The first-order valence-corrected chi connectivity index (χ1v) is 9.59. The van der Waals surface area contributed by atoms with E-state index < -0.39 is 0 Å². The predicted molar refractivity (Wildman–Crippen MR) is 113 cm³/mol. The molecule has 1 heterocycles. The van der Waals surface area contributed by atoms with Crippen LogP contribution >= 0.6 is 0 Å². The molecule has 0 spiro atoms. The lowest BCUT2D eigenvalue weighted by Crippen LogP contribution is -2.30. The Labute approximate surface area is 170 Å². The van der Waals surface area contributed by atoms with Gasteiger partial charge in [0.05, 0.1) is 12.0 Å². The average Bonchev–Trinajstić information content (AvgIpc) is 3.18. The Morgan fingerprint density at radius 1 is 0.966 bits per heavy atom. The van der Waals surface area contributed by atoms with Crippen LogP contribution in [-0.4, -0.2) is 30.0 Å². The van der Waals surface area contributed by atoms with Crippen molar-refractivity contribution >= 4 is 11.4 Å². The predicted octanol–water partition coefficient (Wildman–Crippen LogP) is 4.62. The number of hydrogen-bond acceptors (Lipinski definition) is 5. The fraction of sp³-hybridized carbons (Fsp3) is 0.217. The van der Waals surface area contributed by atoms with Crippen LogP contribution in [0.1, 0.15) is 17.3 Å². The molecule has 29 heavy (non-hydrogen) atoms. The highest BCUT2D eigenvalue weighted by Crippen LogP contribution is 2.36. The Morgan fingerprint density at radius 3 is 2.28 bits per heavy atom. The van der Waals surface area contributed by atoms with E-state index >= 15 is 0 Å². The number of non-ortho nitro benzene ring substituents is 1. The quantitative estimate of drug-likeness (QED) is 0.455. The van der Waals surface area contributed by atoms with Crippen molar-refractivity contribution in [3.8, 4) is 5.75 Å². The largest absolute Gasteiger partial charge is 0.497 e. The first-order chi connectivity index (χ1) is 14.2. The van der Waals surface area contributed by atoms with Crippen molar-refractivity contribution in [2.75, 3.05) is 25.1 Å². The normalized spacial score (nSPS) is 16.7. The fourth-order valence-electron chi connectivity index (χ4n) is 3.86. The molecule has 0 aliphatic carbocycles. The van der Waals surface area contributed by atoms with Gasteiger partial charge in [-0.25, -0.2) is 0 Å². The van der Waals surface area contributed by atoms with Gasteiger partial charge in [0.25, 0.3) is 5.69 Å². The zero-order valence-corrected chi connectivity index (χ0v) is 16.3. The number of methoxy groups -OCH3 is 1. The van der Waals surface area contributed by atoms with Crippen LogP contribution in [0.2, 0.25) is 0 Å². The molecule has 1 atom stereocenters. The standard InChI is InChI=1S/C23H23N3O3/c1-29-22-13-7-19(8-14-22)23-24(17-18-5-3-2-4-6-18)15-16-25(23)20-9-11-21(12-10-20)26(27)28/h2-14,23H,15-17H2,1H3/t23-/m0/s1. The summed E-state index contributed by atoms with van der Waals surface area (Å²) in [5.74, 6) is 0.822. The maximum Gasteiger partial charge on any atom is 0.269 e. The summed E-state index contributed by atoms with van der Waals surface area (Å²) in [5.41, 5.74) is 3.51. The van der Waals surface area contributed by atoms with Gasteiger partial charge in [0.2, 0.25) is 0 Å². The van der Waals surface area contributed by atoms with E-state index in [-0.39, 0.29) is 16.8 Å². The Morgan fingerprint density at radius 2 is 1.66 bits per heavy atom. The molecule has 0 unspecified atom stereocenters. The number of anilines is 1. The molecule has 148 valence electrons. The SMILES string of the molecule is COc1ccc([C@H]2N(Cc3ccccc3)CCN2c2ccc([N+](=O)[O-])cc2)cc1. The van der Waals surface area contributed by atoms with Gasteiger partial charge < -0.3 is 9.64 Å². The highest BCUT2D eigenvalue weighted by molar-refractivity contribution is 5.53. The number of nitro groups is 1. The Kier molecular flexibility index (Phi) is 5.44. The summed E-state index contributed by atoms with van der Waals surface area (Å²) in [5, 5.41) is 11.0. The minimum Gasteiger partial charge on any atom is -0.497 e. The molecule has 1 saturated heterocycles. The second-order valence-electron chi connectivity index (χ2n) is 7.07. The third kappa shape index (κ3) is 4.07. The molecule has 1 aliphatic rings. The monoisotopic (exact) mass is 389 g/mol. The van der Waals surface area contributed by atoms with Crippen LogP contribution in [0.3, 0.4) is 0 Å². The molecule has 3 aromatic carbocycles. The number of ether oxygens (including phenoxy) is 1. The Bertz CT molecular complexity index is 959. The van der Waals surface area contributed by atoms with Crippen molar-refractivity contribution in [1.29, 1.82) is 0 Å². The molecule has 4 rings (SSSR count). The van der Waals surface area contributed by atoms with E-state index in [0.717, 1.165) is 36.6 Å². The van der Waals surface area contributed by atoms with Gasteiger partial charge in [0.1, 0.15) is 11.9 Å². The van der Waals surface area contributed by atoms with E-state index in [1.165, 1.54) is 5.56 Å². The highest BCUT2D eigenvalue weighted by Gasteiger charge is 2.33. The van der Waals surface area contributed by atoms with Gasteiger partial charge in [-0.3, -0.25) is 15.0 Å². The summed E-state index contributed by atoms with van der Waals surface area (Å²) in [7, 11) is 1.66. The molecule has 1 aliphatic heterocycles. The van der Waals surface area contributed by atoms with Crippen LogP contribution in [-0.2, 0) is 6.54 Å². The first kappa shape index (κ1) is 19.0. The van der Waals surface area contributed by atoms with E-state index in [1.54, 1.807) is 19.2 Å². The topological polar surface area (TPSA) is 58.8 Å². The van der Waals surface area contributed by atoms with E-state index in [2.05, 4.69) is 46.2 Å². The average molecular weight is 389 g/mol. The molecule has 0 aromatic heterocycles. The van der Waals surface area contributed by atoms with Gasteiger partial charge in [-0.15, -0.1) is 0 Å². The summed E-state index contributed by atoms with van der Waals surface area (Å²) in [6.45, 7) is 2.59. The molecule has 0 amide bonds. The van der Waals surface area contributed by atoms with Crippen LogP contribution in [0.15, 0.2) is 78.9 Å². The Hall–Kier alpha value is -3.38. The second kappa shape index (κ2) is 8.32. The van der Waals surface area contributed by atoms with E-state index in [9.17, 15) is 10.1 Å². The Balaban J connectivity index is 1.66. The van der Waals surface area contributed by atoms with Crippen molar-refractivity contribution in [3.63, 3.8) is 0 Å². The van der Waals surface area contributed by atoms with E-state index in [0.29, 0.717) is 0 Å². The van der Waals surface area contributed by atoms with Gasteiger partial charge in [-0.2, -0.15) is 0 Å². The van der Waals surface area contributed by atoms with Crippen LogP contribution < -0.4 is 9.64 Å². The number of nitro benzene ring substituents is 1. The van der Waals surface area contributed by atoms with Crippen molar-refractivity contribution < 1.29 is 9.66 Å². The van der Waals surface area contributed by atoms with Gasteiger partial charge in [0, 0.05) is 37.5 Å². The number of benzene rings is 3. The fourth-order valence-corrected chi connectivity index (χ4v) is 3.86. The van der Waals surface area contributed by atoms with Gasteiger partial charge in [-0.1, -0.05) is 42.5 Å². The lowest BCUT2D eigenvalue weighted by Gasteiger charge is -2.32.